The van der Waals surface area contributed by atoms with Crippen molar-refractivity contribution < 1.29 is 14.3 Å². The maximum absolute atomic E-state index is 12.5. The van der Waals surface area contributed by atoms with Gasteiger partial charge < -0.3 is 15.4 Å². The van der Waals surface area contributed by atoms with Crippen LogP contribution in [0.3, 0.4) is 0 Å². The summed E-state index contributed by atoms with van der Waals surface area (Å²) in [5.74, 6) is -1.14. The first-order valence-electron chi connectivity index (χ1n) is 8.75. The molecule has 0 spiro atoms. The third-order valence-corrected chi connectivity index (χ3v) is 4.19. The third-order valence-electron chi connectivity index (χ3n) is 3.70. The minimum atomic E-state index is -0.626. The van der Waals surface area contributed by atoms with E-state index in [2.05, 4.69) is 26.6 Å². The quantitative estimate of drug-likeness (QED) is 0.264. The number of rotatable bonds is 8. The van der Waals surface area contributed by atoms with Crippen LogP contribution in [0.2, 0.25) is 0 Å². The van der Waals surface area contributed by atoms with E-state index in [4.69, 9.17) is 4.74 Å². The summed E-state index contributed by atoms with van der Waals surface area (Å²) in [6.45, 7) is 2.32. The van der Waals surface area contributed by atoms with Gasteiger partial charge in [0.25, 0.3) is 5.91 Å². The van der Waals surface area contributed by atoms with Crippen LogP contribution in [0, 0.1) is 11.3 Å². The van der Waals surface area contributed by atoms with Gasteiger partial charge in [-0.05, 0) is 36.8 Å². The third kappa shape index (κ3) is 6.25. The first-order valence-corrected chi connectivity index (χ1v) is 9.54. The number of unbranched alkanes of at least 4 members (excludes halogenated alkanes) is 1. The molecule has 0 aliphatic heterocycles. The monoisotopic (exact) mass is 441 g/mol. The molecule has 0 radical (unpaired) electrons. The lowest BCUT2D eigenvalue weighted by Crippen LogP contribution is -2.17. The number of amides is 1. The molecular weight excluding hydrogens is 422 g/mol. The molecule has 1 amide bonds. The van der Waals surface area contributed by atoms with Crippen LogP contribution in [-0.2, 0) is 9.53 Å². The molecule has 0 fully saturated rings. The second-order valence-corrected chi connectivity index (χ2v) is 6.73. The summed E-state index contributed by atoms with van der Waals surface area (Å²) in [5, 5.41) is 14.8. The number of halogens is 1. The summed E-state index contributed by atoms with van der Waals surface area (Å²) in [6, 6.07) is 15.7. The minimum Gasteiger partial charge on any atom is -0.462 e. The average molecular weight is 442 g/mol. The van der Waals surface area contributed by atoms with Gasteiger partial charge in [0, 0.05) is 16.4 Å². The molecule has 2 aromatic carbocycles. The van der Waals surface area contributed by atoms with Crippen molar-refractivity contribution in [3.8, 4) is 6.07 Å². The normalized spacial score (nSPS) is 10.7. The molecule has 0 aliphatic carbocycles. The van der Waals surface area contributed by atoms with Crippen molar-refractivity contribution in [3.05, 3.63) is 70.3 Å². The van der Waals surface area contributed by atoms with E-state index in [1.807, 2.05) is 31.2 Å². The molecule has 0 bridgehead atoms. The van der Waals surface area contributed by atoms with Gasteiger partial charge in [-0.2, -0.15) is 5.26 Å². The number of para-hydroxylation sites is 1. The maximum Gasteiger partial charge on any atom is 0.340 e. The largest absolute Gasteiger partial charge is 0.462 e. The highest BCUT2D eigenvalue weighted by Crippen LogP contribution is 2.18. The fourth-order valence-electron chi connectivity index (χ4n) is 2.23. The summed E-state index contributed by atoms with van der Waals surface area (Å²) in [7, 11) is 0. The fourth-order valence-corrected chi connectivity index (χ4v) is 2.63. The first-order chi connectivity index (χ1) is 13.5. The zero-order valence-corrected chi connectivity index (χ0v) is 17.0. The molecule has 0 atom stereocenters. The van der Waals surface area contributed by atoms with Crippen molar-refractivity contribution >= 4 is 39.2 Å². The van der Waals surface area contributed by atoms with Crippen molar-refractivity contribution in [2.75, 3.05) is 17.2 Å². The van der Waals surface area contributed by atoms with E-state index in [0.717, 1.165) is 23.0 Å². The Kier molecular flexibility index (Phi) is 8.25. The molecule has 0 aromatic heterocycles. The Labute approximate surface area is 172 Å². The van der Waals surface area contributed by atoms with E-state index in [0.29, 0.717) is 6.61 Å². The van der Waals surface area contributed by atoms with E-state index in [9.17, 15) is 14.9 Å². The van der Waals surface area contributed by atoms with Crippen LogP contribution in [0.4, 0.5) is 11.4 Å². The number of carbonyl (C=O) groups is 2. The van der Waals surface area contributed by atoms with Crippen LogP contribution in [-0.4, -0.2) is 18.5 Å². The fraction of sp³-hybridized carbons (Fsp3) is 0.190. The van der Waals surface area contributed by atoms with Gasteiger partial charge in [-0.3, -0.25) is 4.79 Å². The average Bonchev–Trinajstić information content (AvgIpc) is 2.69. The standard InChI is InChI=1S/C21H20BrN3O3/c1-2-3-11-28-21(27)18-9-4-5-10-19(18)25-20(26)15(13-23)14-24-17-8-6-7-16(22)12-17/h4-10,12,14,24H,2-3,11H2,1H3,(H,25,26)/b15-14-. The number of carbonyl (C=O) groups excluding carboxylic acids is 2. The first kappa shape index (κ1) is 21.2. The summed E-state index contributed by atoms with van der Waals surface area (Å²) in [6.07, 6.45) is 3.00. The molecule has 0 unspecified atom stereocenters. The van der Waals surface area contributed by atoms with Crippen molar-refractivity contribution in [2.45, 2.75) is 19.8 Å². The lowest BCUT2D eigenvalue weighted by molar-refractivity contribution is -0.112. The van der Waals surface area contributed by atoms with E-state index in [1.165, 1.54) is 6.20 Å². The molecule has 2 rings (SSSR count). The Morgan fingerprint density at radius 1 is 1.21 bits per heavy atom. The summed E-state index contributed by atoms with van der Waals surface area (Å²) < 4.78 is 6.07. The lowest BCUT2D eigenvalue weighted by Gasteiger charge is -2.10. The molecule has 7 heteroatoms. The van der Waals surface area contributed by atoms with E-state index < -0.39 is 11.9 Å². The van der Waals surface area contributed by atoms with Crippen LogP contribution in [0.5, 0.6) is 0 Å². The Morgan fingerprint density at radius 2 is 2.00 bits per heavy atom. The van der Waals surface area contributed by atoms with Gasteiger partial charge in [-0.15, -0.1) is 0 Å². The number of nitrogens with one attached hydrogen (secondary N) is 2. The van der Waals surface area contributed by atoms with Gasteiger partial charge in [0.05, 0.1) is 17.9 Å². The predicted octanol–water partition coefficient (Wildman–Crippen LogP) is 4.86. The Morgan fingerprint density at radius 3 is 2.71 bits per heavy atom. The molecular formula is C21H20BrN3O3. The smallest absolute Gasteiger partial charge is 0.340 e. The van der Waals surface area contributed by atoms with E-state index in [1.54, 1.807) is 30.3 Å². The van der Waals surface area contributed by atoms with Crippen LogP contribution < -0.4 is 10.6 Å². The van der Waals surface area contributed by atoms with Crippen molar-refractivity contribution in [1.29, 1.82) is 5.26 Å². The predicted molar refractivity (Wildman–Crippen MR) is 112 cm³/mol. The number of anilines is 2. The Bertz CT molecular complexity index is 919. The molecule has 6 nitrogen and oxygen atoms in total. The molecule has 0 heterocycles. The minimum absolute atomic E-state index is 0.130. The van der Waals surface area contributed by atoms with E-state index in [-0.39, 0.29) is 16.8 Å². The molecule has 2 aromatic rings. The molecule has 0 aliphatic rings. The number of nitriles is 1. The van der Waals surface area contributed by atoms with Gasteiger partial charge in [0.2, 0.25) is 0 Å². The van der Waals surface area contributed by atoms with Gasteiger partial charge >= 0.3 is 5.97 Å². The van der Waals surface area contributed by atoms with Gasteiger partial charge in [0.15, 0.2) is 0 Å². The molecule has 0 saturated heterocycles. The van der Waals surface area contributed by atoms with Gasteiger partial charge in [0.1, 0.15) is 11.6 Å². The second kappa shape index (κ2) is 10.9. The zero-order chi connectivity index (χ0) is 20.4. The lowest BCUT2D eigenvalue weighted by atomic mass is 10.1. The highest BCUT2D eigenvalue weighted by Gasteiger charge is 2.16. The topological polar surface area (TPSA) is 91.2 Å². The van der Waals surface area contributed by atoms with E-state index >= 15 is 0 Å². The number of hydrogen-bond donors (Lipinski definition) is 2. The SMILES string of the molecule is CCCCOC(=O)c1ccccc1NC(=O)/C(C#N)=C\Nc1cccc(Br)c1. The zero-order valence-electron chi connectivity index (χ0n) is 15.4. The van der Waals surface area contributed by atoms with Crippen LogP contribution in [0.15, 0.2) is 64.8 Å². The number of esters is 1. The Balaban J connectivity index is 2.11. The second-order valence-electron chi connectivity index (χ2n) is 5.81. The molecule has 144 valence electrons. The molecule has 2 N–H and O–H groups in total. The summed E-state index contributed by atoms with van der Waals surface area (Å²) in [5.41, 5.74) is 1.12. The van der Waals surface area contributed by atoms with Crippen LogP contribution >= 0.6 is 15.9 Å². The van der Waals surface area contributed by atoms with Crippen molar-refractivity contribution in [1.82, 2.24) is 0 Å². The number of ether oxygens (including phenoxy) is 1. The van der Waals surface area contributed by atoms with Gasteiger partial charge in [-0.1, -0.05) is 47.5 Å². The summed E-state index contributed by atoms with van der Waals surface area (Å²) in [4.78, 5) is 24.7. The molecule has 0 saturated carbocycles. The number of hydrogen-bond acceptors (Lipinski definition) is 5. The maximum atomic E-state index is 12.5. The highest BCUT2D eigenvalue weighted by atomic mass is 79.9. The van der Waals surface area contributed by atoms with Crippen LogP contribution in [0.1, 0.15) is 30.1 Å². The van der Waals surface area contributed by atoms with Crippen LogP contribution in [0.25, 0.3) is 0 Å². The van der Waals surface area contributed by atoms with Crippen molar-refractivity contribution in [2.24, 2.45) is 0 Å². The molecule has 28 heavy (non-hydrogen) atoms. The van der Waals surface area contributed by atoms with Gasteiger partial charge in [-0.25, -0.2) is 4.79 Å². The summed E-state index contributed by atoms with van der Waals surface area (Å²) >= 11 is 3.35. The highest BCUT2D eigenvalue weighted by molar-refractivity contribution is 9.10. The number of nitrogens with zero attached hydrogens (tertiary/aromatic N) is 1. The Hall–Kier alpha value is -3.11. The number of benzene rings is 2. The van der Waals surface area contributed by atoms with Crippen molar-refractivity contribution in [3.63, 3.8) is 0 Å².